The number of rotatable bonds is 6. The zero-order valence-corrected chi connectivity index (χ0v) is 15.9. The molecule has 1 fully saturated rings. The predicted octanol–water partition coefficient (Wildman–Crippen LogP) is 3.26. The average Bonchev–Trinajstić information content (AvgIpc) is 3.32. The summed E-state index contributed by atoms with van der Waals surface area (Å²) >= 11 is 0. The summed E-state index contributed by atoms with van der Waals surface area (Å²) in [6, 6.07) is 8.75. The molecule has 1 aliphatic rings. The van der Waals surface area contributed by atoms with E-state index in [-0.39, 0.29) is 24.3 Å². The minimum Gasteiger partial charge on any atom is -0.465 e. The van der Waals surface area contributed by atoms with E-state index < -0.39 is 5.97 Å². The fourth-order valence-electron chi connectivity index (χ4n) is 3.28. The van der Waals surface area contributed by atoms with E-state index in [0.29, 0.717) is 17.0 Å². The SMILES string of the molecule is COC(=O)c1ccc(-n2c(C)cc(C(=O)COC(=O)[C@@H]3C[C@@H]3C)c2C)cc1. The summed E-state index contributed by atoms with van der Waals surface area (Å²) in [6.45, 7) is 5.50. The third kappa shape index (κ3) is 3.79. The van der Waals surface area contributed by atoms with Crippen LogP contribution in [-0.4, -0.2) is 36.0 Å². The molecule has 0 unspecified atom stereocenters. The highest BCUT2D eigenvalue weighted by Crippen LogP contribution is 2.38. The van der Waals surface area contributed by atoms with Gasteiger partial charge in [-0.2, -0.15) is 0 Å². The highest BCUT2D eigenvalue weighted by Gasteiger charge is 2.40. The molecule has 0 N–H and O–H groups in total. The molecule has 142 valence electrons. The van der Waals surface area contributed by atoms with E-state index in [4.69, 9.17) is 9.47 Å². The van der Waals surface area contributed by atoms with Crippen molar-refractivity contribution in [2.45, 2.75) is 27.2 Å². The summed E-state index contributed by atoms with van der Waals surface area (Å²) in [7, 11) is 1.34. The lowest BCUT2D eigenvalue weighted by Crippen LogP contribution is -2.16. The molecule has 3 rings (SSSR count). The summed E-state index contributed by atoms with van der Waals surface area (Å²) < 4.78 is 11.8. The Kier molecular flexibility index (Phi) is 5.17. The number of hydrogen-bond donors (Lipinski definition) is 0. The number of ether oxygens (including phenoxy) is 2. The first-order valence-electron chi connectivity index (χ1n) is 8.91. The second kappa shape index (κ2) is 7.39. The molecule has 27 heavy (non-hydrogen) atoms. The number of ketones is 1. The number of aromatic nitrogens is 1. The Morgan fingerprint density at radius 2 is 1.78 bits per heavy atom. The van der Waals surface area contributed by atoms with Crippen LogP contribution in [0.5, 0.6) is 0 Å². The first-order chi connectivity index (χ1) is 12.8. The number of esters is 2. The van der Waals surface area contributed by atoms with Crippen molar-refractivity contribution in [1.82, 2.24) is 4.57 Å². The number of Topliss-reactive ketones (excluding diaryl/α,β-unsaturated/α-hetero) is 1. The van der Waals surface area contributed by atoms with Crippen LogP contribution in [0.1, 0.15) is 45.4 Å². The first kappa shape index (κ1) is 18.9. The van der Waals surface area contributed by atoms with Crippen LogP contribution in [0, 0.1) is 25.7 Å². The van der Waals surface area contributed by atoms with Crippen LogP contribution in [0.3, 0.4) is 0 Å². The summed E-state index contributed by atoms with van der Waals surface area (Å²) in [5.41, 5.74) is 3.46. The van der Waals surface area contributed by atoms with Gasteiger partial charge in [0.1, 0.15) is 0 Å². The lowest BCUT2D eigenvalue weighted by molar-refractivity contribution is -0.144. The van der Waals surface area contributed by atoms with Crippen LogP contribution >= 0.6 is 0 Å². The molecule has 0 saturated heterocycles. The molecule has 1 heterocycles. The zero-order chi connectivity index (χ0) is 19.7. The van der Waals surface area contributed by atoms with Crippen molar-refractivity contribution in [2.24, 2.45) is 11.8 Å². The van der Waals surface area contributed by atoms with Gasteiger partial charge in [0.2, 0.25) is 5.78 Å². The van der Waals surface area contributed by atoms with Crippen molar-refractivity contribution >= 4 is 17.7 Å². The maximum absolute atomic E-state index is 12.5. The van der Waals surface area contributed by atoms with Crippen LogP contribution in [0.4, 0.5) is 0 Å². The summed E-state index contributed by atoms with van der Waals surface area (Å²) in [5.74, 6) is -0.611. The van der Waals surface area contributed by atoms with E-state index in [2.05, 4.69) is 0 Å². The molecule has 2 atom stereocenters. The normalized spacial score (nSPS) is 18.1. The standard InChI is InChI=1S/C21H23NO5/c1-12-9-17(12)21(25)27-11-19(23)18-10-13(2)22(14(18)3)16-7-5-15(6-8-16)20(24)26-4/h5-8,10,12,17H,9,11H2,1-4H3/t12-,17+/m0/s1. The van der Waals surface area contributed by atoms with Gasteiger partial charge in [-0.3, -0.25) is 9.59 Å². The first-order valence-corrected chi connectivity index (χ1v) is 8.91. The van der Waals surface area contributed by atoms with Crippen molar-refractivity contribution in [2.75, 3.05) is 13.7 Å². The van der Waals surface area contributed by atoms with Gasteiger partial charge in [0, 0.05) is 22.6 Å². The maximum Gasteiger partial charge on any atom is 0.337 e. The van der Waals surface area contributed by atoms with Crippen molar-refractivity contribution in [1.29, 1.82) is 0 Å². The quantitative estimate of drug-likeness (QED) is 0.577. The number of benzene rings is 1. The van der Waals surface area contributed by atoms with Gasteiger partial charge in [-0.05, 0) is 56.5 Å². The zero-order valence-electron chi connectivity index (χ0n) is 15.9. The fraction of sp³-hybridized carbons (Fsp3) is 0.381. The Morgan fingerprint density at radius 3 is 2.33 bits per heavy atom. The Morgan fingerprint density at radius 1 is 1.15 bits per heavy atom. The fourth-order valence-corrected chi connectivity index (χ4v) is 3.28. The van der Waals surface area contributed by atoms with Crippen LogP contribution < -0.4 is 0 Å². The van der Waals surface area contributed by atoms with Gasteiger partial charge in [0.05, 0.1) is 18.6 Å². The predicted molar refractivity (Wildman–Crippen MR) is 99.1 cm³/mol. The molecular formula is C21H23NO5. The Labute approximate surface area is 158 Å². The number of carbonyl (C=O) groups is 3. The average molecular weight is 369 g/mol. The van der Waals surface area contributed by atoms with Gasteiger partial charge in [0.25, 0.3) is 0 Å². The molecule has 1 saturated carbocycles. The highest BCUT2D eigenvalue weighted by atomic mass is 16.5. The molecule has 1 aromatic heterocycles. The molecule has 6 nitrogen and oxygen atoms in total. The van der Waals surface area contributed by atoms with Crippen molar-refractivity contribution in [3.8, 4) is 5.69 Å². The summed E-state index contributed by atoms with van der Waals surface area (Å²) in [5, 5.41) is 0. The lowest BCUT2D eigenvalue weighted by atomic mass is 10.1. The van der Waals surface area contributed by atoms with Crippen LogP contribution in [0.25, 0.3) is 5.69 Å². The topological polar surface area (TPSA) is 74.6 Å². The highest BCUT2D eigenvalue weighted by molar-refractivity contribution is 5.99. The Bertz CT molecular complexity index is 894. The van der Waals surface area contributed by atoms with E-state index >= 15 is 0 Å². The number of carbonyl (C=O) groups excluding carboxylic acids is 3. The molecule has 0 amide bonds. The minimum absolute atomic E-state index is 0.0569. The molecule has 1 aromatic carbocycles. The van der Waals surface area contributed by atoms with Crippen molar-refractivity contribution in [3.05, 3.63) is 52.8 Å². The summed E-state index contributed by atoms with van der Waals surface area (Å²) in [6.07, 6.45) is 0.836. The maximum atomic E-state index is 12.5. The molecule has 2 aromatic rings. The van der Waals surface area contributed by atoms with Crippen LogP contribution in [0.15, 0.2) is 30.3 Å². The monoisotopic (exact) mass is 369 g/mol. The van der Waals surface area contributed by atoms with Gasteiger partial charge in [-0.15, -0.1) is 0 Å². The number of methoxy groups -OCH3 is 1. The molecule has 0 radical (unpaired) electrons. The van der Waals surface area contributed by atoms with Crippen molar-refractivity contribution < 1.29 is 23.9 Å². The van der Waals surface area contributed by atoms with E-state index in [9.17, 15) is 14.4 Å². The van der Waals surface area contributed by atoms with Gasteiger partial charge < -0.3 is 14.0 Å². The Balaban J connectivity index is 1.76. The molecule has 0 bridgehead atoms. The second-order valence-corrected chi connectivity index (χ2v) is 7.01. The van der Waals surface area contributed by atoms with Crippen LogP contribution in [0.2, 0.25) is 0 Å². The smallest absolute Gasteiger partial charge is 0.337 e. The molecule has 6 heteroatoms. The lowest BCUT2D eigenvalue weighted by Gasteiger charge is -2.10. The van der Waals surface area contributed by atoms with E-state index in [1.807, 2.05) is 25.3 Å². The van der Waals surface area contributed by atoms with Gasteiger partial charge >= 0.3 is 11.9 Å². The van der Waals surface area contributed by atoms with E-state index in [1.54, 1.807) is 30.3 Å². The molecule has 0 aliphatic heterocycles. The Hall–Kier alpha value is -2.89. The van der Waals surface area contributed by atoms with E-state index in [0.717, 1.165) is 23.5 Å². The van der Waals surface area contributed by atoms with Gasteiger partial charge in [-0.25, -0.2) is 4.79 Å². The largest absolute Gasteiger partial charge is 0.465 e. The molecule has 1 aliphatic carbocycles. The number of nitrogens with zero attached hydrogens (tertiary/aromatic N) is 1. The third-order valence-electron chi connectivity index (χ3n) is 5.04. The van der Waals surface area contributed by atoms with Gasteiger partial charge in [0.15, 0.2) is 6.61 Å². The number of aryl methyl sites for hydroxylation is 1. The third-order valence-corrected chi connectivity index (χ3v) is 5.04. The molecule has 0 spiro atoms. The molecular weight excluding hydrogens is 346 g/mol. The van der Waals surface area contributed by atoms with E-state index in [1.165, 1.54) is 7.11 Å². The second-order valence-electron chi connectivity index (χ2n) is 7.01. The number of hydrogen-bond acceptors (Lipinski definition) is 5. The minimum atomic E-state index is -0.398. The van der Waals surface area contributed by atoms with Gasteiger partial charge in [-0.1, -0.05) is 6.92 Å². The van der Waals surface area contributed by atoms with Crippen LogP contribution in [-0.2, 0) is 14.3 Å². The van der Waals surface area contributed by atoms with Crippen molar-refractivity contribution in [3.63, 3.8) is 0 Å². The summed E-state index contributed by atoms with van der Waals surface area (Å²) in [4.78, 5) is 35.9.